The zero-order valence-electron chi connectivity index (χ0n) is 10.8. The van der Waals surface area contributed by atoms with Gasteiger partial charge < -0.3 is 4.74 Å². The number of rotatable bonds is 6. The predicted molar refractivity (Wildman–Crippen MR) is 65.5 cm³/mol. The van der Waals surface area contributed by atoms with Crippen LogP contribution in [0.1, 0.15) is 37.8 Å². The van der Waals surface area contributed by atoms with Gasteiger partial charge >= 0.3 is 6.18 Å². The van der Waals surface area contributed by atoms with Crippen LogP contribution in [-0.2, 0) is 17.3 Å². The average molecular weight is 260 g/mol. The monoisotopic (exact) mass is 260 g/mol. The van der Waals surface area contributed by atoms with Gasteiger partial charge in [0.2, 0.25) is 0 Å². The van der Waals surface area contributed by atoms with Crippen molar-refractivity contribution in [3.05, 3.63) is 35.4 Å². The van der Waals surface area contributed by atoms with Crippen LogP contribution < -0.4 is 0 Å². The van der Waals surface area contributed by atoms with Crippen LogP contribution in [-0.4, -0.2) is 12.7 Å². The van der Waals surface area contributed by atoms with Gasteiger partial charge in [-0.2, -0.15) is 13.2 Å². The Morgan fingerprint density at radius 2 is 1.78 bits per heavy atom. The standard InChI is InChI=1S/C14H19F3O/c1-3-4-11(2)18-10-9-12-5-7-13(8-6-12)14(15,16)17/h5-8,11H,3-4,9-10H2,1-2H3. The number of hydrogen-bond acceptors (Lipinski definition) is 1. The molecule has 0 bridgehead atoms. The molecule has 0 N–H and O–H groups in total. The van der Waals surface area contributed by atoms with Gasteiger partial charge in [0, 0.05) is 0 Å². The van der Waals surface area contributed by atoms with E-state index >= 15 is 0 Å². The lowest BCUT2D eigenvalue weighted by molar-refractivity contribution is -0.137. The number of halogens is 3. The molecule has 1 unspecified atom stereocenters. The third kappa shape index (κ3) is 5.08. The molecule has 0 fully saturated rings. The van der Waals surface area contributed by atoms with Crippen molar-refractivity contribution in [2.75, 3.05) is 6.61 Å². The molecule has 0 saturated carbocycles. The van der Waals surface area contributed by atoms with Gasteiger partial charge in [-0.05, 0) is 37.5 Å². The number of hydrogen-bond donors (Lipinski definition) is 0. The SMILES string of the molecule is CCCC(C)OCCc1ccc(C(F)(F)F)cc1. The highest BCUT2D eigenvalue weighted by Gasteiger charge is 2.29. The molecule has 1 atom stereocenters. The molecule has 1 aromatic rings. The van der Waals surface area contributed by atoms with E-state index in [2.05, 4.69) is 6.92 Å². The molecule has 0 spiro atoms. The lowest BCUT2D eigenvalue weighted by Crippen LogP contribution is -2.10. The number of alkyl halides is 3. The Bertz CT molecular complexity index is 343. The molecule has 4 heteroatoms. The first-order chi connectivity index (χ1) is 8.43. The zero-order chi connectivity index (χ0) is 13.6. The van der Waals surface area contributed by atoms with E-state index in [0.717, 1.165) is 30.5 Å². The van der Waals surface area contributed by atoms with Crippen molar-refractivity contribution in [1.29, 1.82) is 0 Å². The van der Waals surface area contributed by atoms with Gasteiger partial charge in [0.15, 0.2) is 0 Å². The third-order valence-electron chi connectivity index (χ3n) is 2.77. The minimum absolute atomic E-state index is 0.212. The summed E-state index contributed by atoms with van der Waals surface area (Å²) in [5, 5.41) is 0. The molecule has 0 aliphatic carbocycles. The minimum atomic E-state index is -4.26. The first-order valence-electron chi connectivity index (χ1n) is 6.21. The van der Waals surface area contributed by atoms with Crippen molar-refractivity contribution in [2.24, 2.45) is 0 Å². The molecule has 1 aromatic carbocycles. The lowest BCUT2D eigenvalue weighted by atomic mass is 10.1. The summed E-state index contributed by atoms with van der Waals surface area (Å²) < 4.78 is 42.6. The van der Waals surface area contributed by atoms with Crippen LogP contribution in [0.2, 0.25) is 0 Å². The van der Waals surface area contributed by atoms with E-state index in [0.29, 0.717) is 13.0 Å². The van der Waals surface area contributed by atoms with Crippen molar-refractivity contribution in [1.82, 2.24) is 0 Å². The van der Waals surface area contributed by atoms with Gasteiger partial charge in [0.1, 0.15) is 0 Å². The summed E-state index contributed by atoms with van der Waals surface area (Å²) >= 11 is 0. The summed E-state index contributed by atoms with van der Waals surface area (Å²) in [6.45, 7) is 4.65. The van der Waals surface area contributed by atoms with E-state index in [1.807, 2.05) is 6.92 Å². The summed E-state index contributed by atoms with van der Waals surface area (Å²) in [6.07, 6.45) is -1.32. The Morgan fingerprint density at radius 1 is 1.17 bits per heavy atom. The maximum atomic E-state index is 12.3. The summed E-state index contributed by atoms with van der Waals surface area (Å²) in [7, 11) is 0. The molecular weight excluding hydrogens is 241 g/mol. The fourth-order valence-corrected chi connectivity index (χ4v) is 1.73. The summed E-state index contributed by atoms with van der Waals surface area (Å²) in [4.78, 5) is 0. The van der Waals surface area contributed by atoms with Gasteiger partial charge in [0.05, 0.1) is 18.3 Å². The molecule has 0 aliphatic rings. The normalized spacial score (nSPS) is 13.6. The van der Waals surface area contributed by atoms with Crippen LogP contribution in [0.4, 0.5) is 13.2 Å². The third-order valence-corrected chi connectivity index (χ3v) is 2.77. The predicted octanol–water partition coefficient (Wildman–Crippen LogP) is 4.45. The number of ether oxygens (including phenoxy) is 1. The molecule has 1 rings (SSSR count). The first-order valence-corrected chi connectivity index (χ1v) is 6.21. The van der Waals surface area contributed by atoms with Crippen molar-refractivity contribution in [3.63, 3.8) is 0 Å². The molecule has 0 saturated heterocycles. The summed E-state index contributed by atoms with van der Waals surface area (Å²) in [5.74, 6) is 0. The molecule has 0 heterocycles. The highest BCUT2D eigenvalue weighted by Crippen LogP contribution is 2.29. The Hall–Kier alpha value is -1.03. The second-order valence-corrected chi connectivity index (χ2v) is 4.41. The van der Waals surface area contributed by atoms with Gasteiger partial charge in [0.25, 0.3) is 0 Å². The summed E-state index contributed by atoms with van der Waals surface area (Å²) in [6, 6.07) is 5.25. The second-order valence-electron chi connectivity index (χ2n) is 4.41. The molecule has 0 amide bonds. The fourth-order valence-electron chi connectivity index (χ4n) is 1.73. The van der Waals surface area contributed by atoms with Crippen molar-refractivity contribution < 1.29 is 17.9 Å². The van der Waals surface area contributed by atoms with E-state index in [1.165, 1.54) is 12.1 Å². The summed E-state index contributed by atoms with van der Waals surface area (Å²) in [5.41, 5.74) is 0.262. The molecule has 0 aliphatic heterocycles. The quantitative estimate of drug-likeness (QED) is 0.734. The zero-order valence-corrected chi connectivity index (χ0v) is 10.8. The Balaban J connectivity index is 2.40. The topological polar surface area (TPSA) is 9.23 Å². The molecule has 1 nitrogen and oxygen atoms in total. The second kappa shape index (κ2) is 6.78. The van der Waals surface area contributed by atoms with Gasteiger partial charge in [-0.15, -0.1) is 0 Å². The molecule has 0 aromatic heterocycles. The van der Waals surface area contributed by atoms with E-state index in [-0.39, 0.29) is 6.10 Å². The molecule has 0 radical (unpaired) electrons. The fraction of sp³-hybridized carbons (Fsp3) is 0.571. The van der Waals surface area contributed by atoms with Crippen LogP contribution in [0.3, 0.4) is 0 Å². The number of benzene rings is 1. The Morgan fingerprint density at radius 3 is 2.28 bits per heavy atom. The largest absolute Gasteiger partial charge is 0.416 e. The Labute approximate surface area is 106 Å². The van der Waals surface area contributed by atoms with E-state index in [4.69, 9.17) is 4.74 Å². The molecular formula is C14H19F3O. The van der Waals surface area contributed by atoms with Crippen molar-refractivity contribution in [3.8, 4) is 0 Å². The van der Waals surface area contributed by atoms with Crippen molar-refractivity contribution >= 4 is 0 Å². The van der Waals surface area contributed by atoms with Gasteiger partial charge in [-0.1, -0.05) is 25.5 Å². The van der Waals surface area contributed by atoms with Crippen LogP contribution in [0.15, 0.2) is 24.3 Å². The maximum absolute atomic E-state index is 12.3. The highest BCUT2D eigenvalue weighted by molar-refractivity contribution is 5.24. The van der Waals surface area contributed by atoms with Crippen LogP contribution in [0.5, 0.6) is 0 Å². The smallest absolute Gasteiger partial charge is 0.378 e. The van der Waals surface area contributed by atoms with E-state index in [1.54, 1.807) is 0 Å². The minimum Gasteiger partial charge on any atom is -0.378 e. The van der Waals surface area contributed by atoms with Gasteiger partial charge in [-0.25, -0.2) is 0 Å². The van der Waals surface area contributed by atoms with Crippen LogP contribution >= 0.6 is 0 Å². The Kier molecular flexibility index (Phi) is 5.66. The molecule has 102 valence electrons. The van der Waals surface area contributed by atoms with E-state index < -0.39 is 11.7 Å². The van der Waals surface area contributed by atoms with E-state index in [9.17, 15) is 13.2 Å². The van der Waals surface area contributed by atoms with Crippen molar-refractivity contribution in [2.45, 2.75) is 45.4 Å². The maximum Gasteiger partial charge on any atom is 0.416 e. The highest BCUT2D eigenvalue weighted by atomic mass is 19.4. The average Bonchev–Trinajstić information content (AvgIpc) is 2.29. The van der Waals surface area contributed by atoms with Crippen LogP contribution in [0.25, 0.3) is 0 Å². The molecule has 18 heavy (non-hydrogen) atoms. The van der Waals surface area contributed by atoms with Crippen LogP contribution in [0, 0.1) is 0 Å². The lowest BCUT2D eigenvalue weighted by Gasteiger charge is -2.12. The van der Waals surface area contributed by atoms with Gasteiger partial charge in [-0.3, -0.25) is 0 Å². The first kappa shape index (κ1) is 15.0.